The highest BCUT2D eigenvalue weighted by Crippen LogP contribution is 2.26. The molecule has 116 valence electrons. The maximum Gasteiger partial charge on any atom is 0.154 e. The van der Waals surface area contributed by atoms with Crippen molar-refractivity contribution in [1.82, 2.24) is 0 Å². The zero-order valence-electron chi connectivity index (χ0n) is 12.0. The van der Waals surface area contributed by atoms with E-state index in [2.05, 4.69) is 0 Å². The van der Waals surface area contributed by atoms with Gasteiger partial charge < -0.3 is 10.5 Å². The number of halogens is 1. The molecule has 21 heavy (non-hydrogen) atoms. The molecule has 0 aliphatic carbocycles. The van der Waals surface area contributed by atoms with Crippen LogP contribution >= 0.6 is 0 Å². The summed E-state index contributed by atoms with van der Waals surface area (Å²) in [5, 5.41) is 0. The highest BCUT2D eigenvalue weighted by Gasteiger charge is 2.20. The van der Waals surface area contributed by atoms with Gasteiger partial charge >= 0.3 is 0 Å². The first-order valence-electron chi connectivity index (χ1n) is 6.81. The van der Waals surface area contributed by atoms with Crippen LogP contribution in [-0.2, 0) is 14.6 Å². The lowest BCUT2D eigenvalue weighted by molar-refractivity contribution is 0.0721. The zero-order chi connectivity index (χ0) is 15.5. The van der Waals surface area contributed by atoms with Crippen LogP contribution < -0.4 is 5.73 Å². The summed E-state index contributed by atoms with van der Waals surface area (Å²) in [5.74, 6) is 0.283. The van der Waals surface area contributed by atoms with Gasteiger partial charge in [0.25, 0.3) is 0 Å². The van der Waals surface area contributed by atoms with Crippen molar-refractivity contribution in [2.75, 3.05) is 25.3 Å². The number of hydrogen-bond donors (Lipinski definition) is 1. The molecule has 1 heterocycles. The van der Waals surface area contributed by atoms with Gasteiger partial charge in [-0.05, 0) is 23.1 Å². The minimum atomic E-state index is -2.92. The van der Waals surface area contributed by atoms with Crippen LogP contribution in [0.15, 0.2) is 30.3 Å². The Labute approximate surface area is 124 Å². The Morgan fingerprint density at radius 3 is 2.48 bits per heavy atom. The second-order valence-corrected chi connectivity index (χ2v) is 7.42. The third-order valence-electron chi connectivity index (χ3n) is 3.70. The first kappa shape index (κ1) is 16.1. The summed E-state index contributed by atoms with van der Waals surface area (Å²) in [4.78, 5) is 0. The van der Waals surface area contributed by atoms with Gasteiger partial charge in [-0.3, -0.25) is 0 Å². The summed E-state index contributed by atoms with van der Waals surface area (Å²) in [5.41, 5.74) is 8.52. The van der Waals surface area contributed by atoms with E-state index >= 15 is 0 Å². The molecule has 1 aromatic carbocycles. The Morgan fingerprint density at radius 1 is 1.33 bits per heavy atom. The minimum absolute atomic E-state index is 0.0947. The van der Waals surface area contributed by atoms with Crippen molar-refractivity contribution in [2.45, 2.75) is 18.6 Å². The molecule has 0 saturated carbocycles. The molecule has 1 aliphatic rings. The lowest BCUT2D eigenvalue weighted by atomic mass is 9.98. The quantitative estimate of drug-likeness (QED) is 0.901. The average molecular weight is 313 g/mol. The molecule has 6 heteroatoms. The second kappa shape index (κ2) is 6.68. The third kappa shape index (κ3) is 3.90. The fraction of sp³-hybridized carbons (Fsp3) is 0.467. The molecular formula is C15H20FNO3S. The van der Waals surface area contributed by atoms with Crippen molar-refractivity contribution in [3.8, 4) is 0 Å². The fourth-order valence-electron chi connectivity index (χ4n) is 2.47. The van der Waals surface area contributed by atoms with Crippen LogP contribution in [0.4, 0.5) is 4.39 Å². The molecule has 2 N–H and O–H groups in total. The summed E-state index contributed by atoms with van der Waals surface area (Å²) >= 11 is 0. The van der Waals surface area contributed by atoms with E-state index in [-0.39, 0.29) is 11.5 Å². The summed E-state index contributed by atoms with van der Waals surface area (Å²) in [7, 11) is -1.42. The zero-order valence-corrected chi connectivity index (χ0v) is 12.8. The molecule has 0 unspecified atom stereocenters. The third-order valence-corrected chi connectivity index (χ3v) is 5.20. The van der Waals surface area contributed by atoms with Crippen molar-refractivity contribution in [1.29, 1.82) is 0 Å². The molecule has 0 bridgehead atoms. The van der Waals surface area contributed by atoms with Crippen molar-refractivity contribution < 1.29 is 17.5 Å². The predicted octanol–water partition coefficient (Wildman–Crippen LogP) is 1.87. The van der Waals surface area contributed by atoms with Gasteiger partial charge in [-0.15, -0.1) is 0 Å². The maximum absolute atomic E-state index is 12.7. The predicted molar refractivity (Wildman–Crippen MR) is 81.4 cm³/mol. The largest absolute Gasteiger partial charge is 0.375 e. The Kier molecular flexibility index (Phi) is 5.13. The number of hydrogen-bond acceptors (Lipinski definition) is 4. The second-order valence-electron chi connectivity index (χ2n) is 5.19. The molecule has 0 amide bonds. The van der Waals surface area contributed by atoms with Crippen molar-refractivity contribution in [2.24, 2.45) is 5.73 Å². The first-order chi connectivity index (χ1) is 9.96. The van der Waals surface area contributed by atoms with Gasteiger partial charge in [0.05, 0.1) is 23.7 Å². The summed E-state index contributed by atoms with van der Waals surface area (Å²) < 4.78 is 40.7. The number of ether oxygens (including phenoxy) is 1. The van der Waals surface area contributed by atoms with E-state index in [1.54, 1.807) is 6.08 Å². The van der Waals surface area contributed by atoms with Gasteiger partial charge in [-0.25, -0.2) is 12.8 Å². The highest BCUT2D eigenvalue weighted by atomic mass is 32.2. The number of rotatable bonds is 5. The Morgan fingerprint density at radius 2 is 2.00 bits per heavy atom. The molecule has 0 radical (unpaired) electrons. The molecule has 0 fully saturated rings. The van der Waals surface area contributed by atoms with E-state index in [0.717, 1.165) is 16.7 Å². The number of allylic oxidation sites excluding steroid dienone is 1. The summed E-state index contributed by atoms with van der Waals surface area (Å²) in [6.45, 7) is -0.650. The standard InChI is InChI=1S/C15H20FNO3S/c1-20-15(14(17)10-16)13-4-2-11(3-5-13)12-6-8-21(18,19)9-7-12/h2-6,14-15H,7-10,17H2,1H3/t14-,15-/m1/s1. The summed E-state index contributed by atoms with van der Waals surface area (Å²) in [6.07, 6.45) is 1.80. The average Bonchev–Trinajstić information content (AvgIpc) is 2.48. The normalized spacial score (nSPS) is 20.6. The molecular weight excluding hydrogens is 293 g/mol. The molecule has 1 aliphatic heterocycles. The summed E-state index contributed by atoms with van der Waals surface area (Å²) in [6, 6.07) is 6.80. The number of alkyl halides is 1. The van der Waals surface area contributed by atoms with Crippen molar-refractivity contribution in [3.05, 3.63) is 41.5 Å². The minimum Gasteiger partial charge on any atom is -0.375 e. The lowest BCUT2D eigenvalue weighted by Gasteiger charge is -2.21. The Bertz CT molecular complexity index is 610. The number of sulfone groups is 1. The fourth-order valence-corrected chi connectivity index (χ4v) is 3.62. The molecule has 1 aromatic rings. The molecule has 0 saturated heterocycles. The van der Waals surface area contributed by atoms with Crippen molar-refractivity contribution >= 4 is 15.4 Å². The van der Waals surface area contributed by atoms with E-state index < -0.39 is 28.7 Å². The van der Waals surface area contributed by atoms with Gasteiger partial charge in [0.2, 0.25) is 0 Å². The number of benzene rings is 1. The van der Waals surface area contributed by atoms with Crippen molar-refractivity contribution in [3.63, 3.8) is 0 Å². The van der Waals surface area contributed by atoms with Crippen LogP contribution in [0.25, 0.3) is 5.57 Å². The van der Waals surface area contributed by atoms with Crippen LogP contribution in [0.1, 0.15) is 23.7 Å². The van der Waals surface area contributed by atoms with Crippen LogP contribution in [0.5, 0.6) is 0 Å². The van der Waals surface area contributed by atoms with Gasteiger partial charge in [-0.1, -0.05) is 30.3 Å². The van der Waals surface area contributed by atoms with Gasteiger partial charge in [-0.2, -0.15) is 0 Å². The van der Waals surface area contributed by atoms with E-state index in [9.17, 15) is 12.8 Å². The number of nitrogens with two attached hydrogens (primary N) is 1. The molecule has 4 nitrogen and oxygen atoms in total. The molecule has 0 aromatic heterocycles. The molecule has 2 atom stereocenters. The van der Waals surface area contributed by atoms with Gasteiger partial charge in [0.1, 0.15) is 6.67 Å². The van der Waals surface area contributed by atoms with E-state index in [4.69, 9.17) is 10.5 Å². The molecule has 2 rings (SSSR count). The van der Waals surface area contributed by atoms with E-state index in [1.807, 2.05) is 24.3 Å². The van der Waals surface area contributed by atoms with Crippen LogP contribution in [0, 0.1) is 0 Å². The van der Waals surface area contributed by atoms with Crippen LogP contribution in [-0.4, -0.2) is 39.7 Å². The number of methoxy groups -OCH3 is 1. The Balaban J connectivity index is 2.18. The molecule has 0 spiro atoms. The van der Waals surface area contributed by atoms with Crippen LogP contribution in [0.3, 0.4) is 0 Å². The van der Waals surface area contributed by atoms with E-state index in [1.165, 1.54) is 7.11 Å². The van der Waals surface area contributed by atoms with E-state index in [0.29, 0.717) is 6.42 Å². The smallest absolute Gasteiger partial charge is 0.154 e. The lowest BCUT2D eigenvalue weighted by Crippen LogP contribution is -2.31. The first-order valence-corrected chi connectivity index (χ1v) is 8.63. The highest BCUT2D eigenvalue weighted by molar-refractivity contribution is 7.91. The van der Waals surface area contributed by atoms with Gasteiger partial charge in [0, 0.05) is 7.11 Å². The monoisotopic (exact) mass is 313 g/mol. The topological polar surface area (TPSA) is 69.4 Å². The van der Waals surface area contributed by atoms with Gasteiger partial charge in [0.15, 0.2) is 9.84 Å². The SMILES string of the molecule is CO[C@H](c1ccc(C2=CCS(=O)(=O)CC2)cc1)[C@H](N)CF. The van der Waals surface area contributed by atoms with Crippen LogP contribution in [0.2, 0.25) is 0 Å². The maximum atomic E-state index is 12.7. The Hall–Kier alpha value is -1.24.